The van der Waals surface area contributed by atoms with Gasteiger partial charge in [0.05, 0.1) is 10.7 Å². The van der Waals surface area contributed by atoms with E-state index in [1.165, 1.54) is 41.6 Å². The summed E-state index contributed by atoms with van der Waals surface area (Å²) in [5.74, 6) is -0.857. The lowest BCUT2D eigenvalue weighted by Crippen LogP contribution is -2.35. The third-order valence-corrected chi connectivity index (χ3v) is 8.44. The fourth-order valence-electron chi connectivity index (χ4n) is 1.23. The summed E-state index contributed by atoms with van der Waals surface area (Å²) in [6, 6.07) is 4.79. The first-order chi connectivity index (χ1) is 8.63. The molecule has 6 nitrogen and oxygen atoms in total. The van der Waals surface area contributed by atoms with Crippen LogP contribution >= 0.6 is 38.5 Å². The third-order valence-electron chi connectivity index (χ3n) is 2.38. The molecule has 1 rings (SSSR count). The molecular weight excluding hydrogens is 453 g/mol. The van der Waals surface area contributed by atoms with Crippen molar-refractivity contribution in [3.63, 3.8) is 0 Å². The first-order valence-corrected chi connectivity index (χ1v) is 8.55. The minimum Gasteiger partial charge on any atom is -0.290 e. The zero-order valence-corrected chi connectivity index (χ0v) is 14.2. The number of carbonyl (C=O) groups excluding carboxylic acids is 1. The van der Waals surface area contributed by atoms with Crippen LogP contribution in [0.15, 0.2) is 24.3 Å². The van der Waals surface area contributed by atoms with Gasteiger partial charge in [0.2, 0.25) is 7.45 Å². The quantitative estimate of drug-likeness (QED) is 0.221. The number of halogens is 2. The van der Waals surface area contributed by atoms with E-state index >= 15 is 0 Å². The van der Waals surface area contributed by atoms with Crippen molar-refractivity contribution in [1.82, 2.24) is 0 Å². The lowest BCUT2D eigenvalue weighted by molar-refractivity contribution is -0.384. The predicted molar refractivity (Wildman–Crippen MR) is 82.6 cm³/mol. The van der Waals surface area contributed by atoms with Crippen molar-refractivity contribution >= 4 is 59.8 Å². The molecule has 9 heteroatoms. The van der Waals surface area contributed by atoms with Gasteiger partial charge in [-0.15, -0.1) is 0 Å². The Morgan fingerprint density at radius 3 is 2.26 bits per heavy atom. The molecule has 0 aliphatic rings. The van der Waals surface area contributed by atoms with Crippen molar-refractivity contribution in [3.05, 3.63) is 39.9 Å². The summed E-state index contributed by atoms with van der Waals surface area (Å²) in [6.07, 6.45) is 0. The van der Waals surface area contributed by atoms with E-state index in [-0.39, 0.29) is 17.0 Å². The van der Waals surface area contributed by atoms with Crippen LogP contribution in [0.5, 0.6) is 0 Å². The van der Waals surface area contributed by atoms with Gasteiger partial charge < -0.3 is 0 Å². The van der Waals surface area contributed by atoms with Gasteiger partial charge in [-0.3, -0.25) is 14.9 Å². The summed E-state index contributed by atoms with van der Waals surface area (Å²) in [4.78, 5) is 22.1. The molecule has 0 aromatic heterocycles. The molecule has 0 heterocycles. The zero-order valence-electron chi connectivity index (χ0n) is 9.67. The second-order valence-electron chi connectivity index (χ2n) is 3.55. The number of alkyl halides is 2. The second-order valence-corrected chi connectivity index (χ2v) is 11.5. The van der Waals surface area contributed by atoms with Gasteiger partial charge in [-0.05, 0) is 50.7 Å². The minimum atomic E-state index is -3.65. The normalized spacial score (nSPS) is 14.7. The van der Waals surface area contributed by atoms with Crippen molar-refractivity contribution in [1.29, 1.82) is 0 Å². The number of carbonyl (C=O) groups is 1. The van der Waals surface area contributed by atoms with Crippen LogP contribution in [0, 0.1) is 10.1 Å². The summed E-state index contributed by atoms with van der Waals surface area (Å²) in [6.45, 7) is 1.44. The van der Waals surface area contributed by atoms with Crippen LogP contribution in [0.2, 0.25) is 0 Å². The SMILES string of the molecule is CCS(=O)(=O)[C@@](Br)(I)C(=O)c1ccc([N+](=O)[O-])cc1. The highest BCUT2D eigenvalue weighted by atomic mass is 127. The van der Waals surface area contributed by atoms with Crippen LogP contribution in [-0.4, -0.2) is 26.5 Å². The highest BCUT2D eigenvalue weighted by Crippen LogP contribution is 2.37. The number of Topliss-reactive ketones (excluding diaryl/α,β-unsaturated/α-hetero) is 1. The van der Waals surface area contributed by atoms with Crippen molar-refractivity contribution < 1.29 is 18.1 Å². The fraction of sp³-hybridized carbons (Fsp3) is 0.300. The highest BCUT2D eigenvalue weighted by molar-refractivity contribution is 14.1. The molecule has 0 spiro atoms. The number of ketones is 1. The lowest BCUT2D eigenvalue weighted by Gasteiger charge is -2.18. The second kappa shape index (κ2) is 5.83. The zero-order chi connectivity index (χ0) is 14.8. The fourth-order valence-corrected chi connectivity index (χ4v) is 4.15. The Labute approximate surface area is 131 Å². The average Bonchev–Trinajstić information content (AvgIpc) is 2.37. The number of hydrogen-bond acceptors (Lipinski definition) is 5. The van der Waals surface area contributed by atoms with Crippen LogP contribution in [0.25, 0.3) is 0 Å². The topological polar surface area (TPSA) is 94.3 Å². The molecule has 0 radical (unpaired) electrons. The Bertz CT molecular complexity index is 611. The molecule has 0 fully saturated rings. The molecule has 0 saturated heterocycles. The highest BCUT2D eigenvalue weighted by Gasteiger charge is 2.45. The largest absolute Gasteiger partial charge is 0.290 e. The van der Waals surface area contributed by atoms with E-state index in [0.717, 1.165) is 12.1 Å². The molecule has 1 atom stereocenters. The maximum atomic E-state index is 12.1. The Morgan fingerprint density at radius 2 is 1.89 bits per heavy atom. The molecule has 0 aliphatic carbocycles. The Balaban J connectivity index is 3.17. The van der Waals surface area contributed by atoms with Crippen LogP contribution in [0.1, 0.15) is 17.3 Å². The van der Waals surface area contributed by atoms with E-state index in [9.17, 15) is 23.3 Å². The molecule has 1 aromatic rings. The summed E-state index contributed by atoms with van der Waals surface area (Å²) in [5, 5.41) is 10.5. The molecule has 0 bridgehead atoms. The maximum absolute atomic E-state index is 12.1. The van der Waals surface area contributed by atoms with Crippen LogP contribution in [-0.2, 0) is 9.84 Å². The molecule has 0 N–H and O–H groups in total. The van der Waals surface area contributed by atoms with E-state index in [1.807, 2.05) is 0 Å². The smallest absolute Gasteiger partial charge is 0.269 e. The van der Waals surface area contributed by atoms with Gasteiger partial charge in [-0.1, -0.05) is 6.92 Å². The number of non-ortho nitro benzene ring substituents is 1. The minimum absolute atomic E-state index is 0.0916. The molecule has 19 heavy (non-hydrogen) atoms. The van der Waals surface area contributed by atoms with Crippen LogP contribution in [0.4, 0.5) is 5.69 Å². The predicted octanol–water partition coefficient (Wildman–Crippen LogP) is 2.70. The number of benzene rings is 1. The van der Waals surface area contributed by atoms with Gasteiger partial charge >= 0.3 is 0 Å². The molecule has 0 unspecified atom stereocenters. The summed E-state index contributed by atoms with van der Waals surface area (Å²) in [5.41, 5.74) is -0.0718. The van der Waals surface area contributed by atoms with Crippen LogP contribution in [0.3, 0.4) is 0 Å². The molecule has 0 aliphatic heterocycles. The number of nitrogens with zero attached hydrogens (tertiary/aromatic N) is 1. The van der Waals surface area contributed by atoms with E-state index < -0.39 is 22.2 Å². The Kier molecular flexibility index (Phi) is 5.07. The third kappa shape index (κ3) is 3.31. The Morgan fingerprint density at radius 1 is 1.42 bits per heavy atom. The number of hydrogen-bond donors (Lipinski definition) is 0. The van der Waals surface area contributed by atoms with Gasteiger partial charge in [0.15, 0.2) is 9.84 Å². The summed E-state index contributed by atoms with van der Waals surface area (Å²) in [7, 11) is -3.65. The van der Waals surface area contributed by atoms with Gasteiger partial charge in [0.1, 0.15) is 0 Å². The number of nitro groups is 1. The van der Waals surface area contributed by atoms with Crippen molar-refractivity contribution in [2.45, 2.75) is 8.59 Å². The summed E-state index contributed by atoms with van der Waals surface area (Å²) < 4.78 is 21.9. The number of nitro benzene ring substituents is 1. The molecule has 1 aromatic carbocycles. The van der Waals surface area contributed by atoms with Crippen LogP contribution < -0.4 is 0 Å². The van der Waals surface area contributed by atoms with E-state index in [4.69, 9.17) is 0 Å². The average molecular weight is 462 g/mol. The van der Waals surface area contributed by atoms with E-state index in [2.05, 4.69) is 15.9 Å². The van der Waals surface area contributed by atoms with Gasteiger partial charge in [0.25, 0.3) is 5.69 Å². The van der Waals surface area contributed by atoms with E-state index in [0.29, 0.717) is 0 Å². The van der Waals surface area contributed by atoms with Gasteiger partial charge in [-0.25, -0.2) is 8.42 Å². The van der Waals surface area contributed by atoms with Crippen molar-refractivity contribution in [3.8, 4) is 0 Å². The first kappa shape index (κ1) is 16.5. The molecule has 104 valence electrons. The number of rotatable bonds is 5. The summed E-state index contributed by atoms with van der Waals surface area (Å²) >= 11 is 4.44. The molecule has 0 amide bonds. The molecule has 0 saturated carbocycles. The molecular formula is C10H9BrINO5S. The first-order valence-electron chi connectivity index (χ1n) is 5.03. The van der Waals surface area contributed by atoms with Crippen molar-refractivity contribution in [2.75, 3.05) is 5.75 Å². The maximum Gasteiger partial charge on any atom is 0.269 e. The lowest BCUT2D eigenvalue weighted by atomic mass is 10.1. The van der Waals surface area contributed by atoms with Gasteiger partial charge in [-0.2, -0.15) is 0 Å². The van der Waals surface area contributed by atoms with Crippen molar-refractivity contribution in [2.24, 2.45) is 0 Å². The Hall–Kier alpha value is -0.550. The van der Waals surface area contributed by atoms with E-state index in [1.54, 1.807) is 0 Å². The van der Waals surface area contributed by atoms with Gasteiger partial charge in [0, 0.05) is 17.7 Å². The monoisotopic (exact) mass is 461 g/mol. The standard InChI is InChI=1S/C10H9BrINO5S/c1-2-19(17,18)10(11,12)9(14)7-3-5-8(6-4-7)13(15)16/h3-6H,2H2,1H3/t10-/m0/s1. The number of sulfone groups is 1.